The molecule has 3 aromatic heterocycles. The third kappa shape index (κ3) is 4.51. The fourth-order valence-corrected chi connectivity index (χ4v) is 4.45. The first kappa shape index (κ1) is 22.4. The van der Waals surface area contributed by atoms with Gasteiger partial charge in [-0.3, -0.25) is 9.59 Å². The number of H-pyrrole nitrogens is 1. The van der Waals surface area contributed by atoms with Gasteiger partial charge < -0.3 is 23.5 Å². The minimum absolute atomic E-state index is 0.0713. The van der Waals surface area contributed by atoms with Gasteiger partial charge in [0.25, 0.3) is 11.6 Å². The molecule has 1 amide bonds. The molecule has 0 atom stereocenters. The highest BCUT2D eigenvalue weighted by Gasteiger charge is 2.24. The maximum atomic E-state index is 12.6. The molecule has 0 aliphatic carbocycles. The number of fused-ring (bicyclic) bond motifs is 2. The molecule has 0 bridgehead atoms. The van der Waals surface area contributed by atoms with Gasteiger partial charge in [0.1, 0.15) is 5.52 Å². The minimum Gasteiger partial charge on any atom is -0.423 e. The zero-order valence-electron chi connectivity index (χ0n) is 18.8. The molecule has 0 unspecified atom stereocenters. The summed E-state index contributed by atoms with van der Waals surface area (Å²) >= 11 is 6.02. The van der Waals surface area contributed by atoms with Crippen LogP contribution in [0.15, 0.2) is 39.8 Å². The average molecular weight is 485 g/mol. The van der Waals surface area contributed by atoms with Crippen molar-refractivity contribution in [3.63, 3.8) is 0 Å². The van der Waals surface area contributed by atoms with E-state index in [0.29, 0.717) is 74.4 Å². The minimum atomic E-state index is -0.194. The van der Waals surface area contributed by atoms with E-state index in [9.17, 15) is 9.59 Å². The highest BCUT2D eigenvalue weighted by atomic mass is 35.5. The number of aromatic amines is 1. The Hall–Kier alpha value is -3.37. The number of oxazole rings is 1. The standard InChI is InChI=1S/C23H25ClN6O4/c1-15-14-30(18-13-25-27-22(32)21(15)18)9-11-33-10-4-20(31)28-5-7-29(8-6-28)23-26-17-3-2-16(24)12-19(17)34-23/h2-3,12-14H,4-11H2,1H3,(H,27,32). The molecule has 4 aromatic rings. The highest BCUT2D eigenvalue weighted by molar-refractivity contribution is 6.31. The van der Waals surface area contributed by atoms with Crippen molar-refractivity contribution in [1.82, 2.24) is 24.6 Å². The van der Waals surface area contributed by atoms with Crippen LogP contribution in [0, 0.1) is 6.92 Å². The number of piperazine rings is 1. The Labute approximate surface area is 200 Å². The lowest BCUT2D eigenvalue weighted by Crippen LogP contribution is -2.49. The van der Waals surface area contributed by atoms with E-state index < -0.39 is 0 Å². The first-order valence-corrected chi connectivity index (χ1v) is 11.6. The highest BCUT2D eigenvalue weighted by Crippen LogP contribution is 2.25. The second kappa shape index (κ2) is 9.47. The van der Waals surface area contributed by atoms with Crippen molar-refractivity contribution < 1.29 is 13.9 Å². The fraction of sp³-hybridized carbons (Fsp3) is 0.391. The molecule has 1 fully saturated rings. The van der Waals surface area contributed by atoms with Gasteiger partial charge in [-0.15, -0.1) is 0 Å². The number of hydrogen-bond acceptors (Lipinski definition) is 7. The molecule has 10 nitrogen and oxygen atoms in total. The average Bonchev–Trinajstić information content (AvgIpc) is 3.40. The number of anilines is 1. The number of carbonyl (C=O) groups excluding carboxylic acids is 1. The number of amides is 1. The van der Waals surface area contributed by atoms with Crippen LogP contribution in [-0.4, -0.2) is 69.9 Å². The summed E-state index contributed by atoms with van der Waals surface area (Å²) in [6.45, 7) is 5.79. The van der Waals surface area contributed by atoms with Crippen LogP contribution >= 0.6 is 11.6 Å². The summed E-state index contributed by atoms with van der Waals surface area (Å²) in [5.74, 6) is 0.0713. The van der Waals surface area contributed by atoms with Gasteiger partial charge in [-0.2, -0.15) is 10.1 Å². The summed E-state index contributed by atoms with van der Waals surface area (Å²) in [7, 11) is 0. The molecule has 0 radical (unpaired) electrons. The summed E-state index contributed by atoms with van der Waals surface area (Å²) < 4.78 is 13.5. The van der Waals surface area contributed by atoms with Gasteiger partial charge in [0, 0.05) is 50.0 Å². The fourth-order valence-electron chi connectivity index (χ4n) is 4.29. The summed E-state index contributed by atoms with van der Waals surface area (Å²) in [4.78, 5) is 32.9. The van der Waals surface area contributed by atoms with E-state index in [2.05, 4.69) is 15.2 Å². The molecule has 11 heteroatoms. The Bertz CT molecular complexity index is 1390. The second-order valence-corrected chi connectivity index (χ2v) is 8.74. The lowest BCUT2D eigenvalue weighted by Gasteiger charge is -2.33. The lowest BCUT2D eigenvalue weighted by atomic mass is 10.2. The number of aromatic nitrogens is 4. The third-order valence-electron chi connectivity index (χ3n) is 6.07. The SMILES string of the molecule is Cc1cn(CCOCCC(=O)N2CCN(c3nc4ccc(Cl)cc4o3)CC2)c2cn[nH]c(=O)c12. The van der Waals surface area contributed by atoms with Crippen molar-refractivity contribution >= 4 is 45.5 Å². The first-order valence-electron chi connectivity index (χ1n) is 11.2. The van der Waals surface area contributed by atoms with Gasteiger partial charge in [0.05, 0.1) is 36.7 Å². The largest absolute Gasteiger partial charge is 0.423 e. The van der Waals surface area contributed by atoms with Crippen LogP contribution in [-0.2, 0) is 16.1 Å². The molecule has 1 aliphatic heterocycles. The number of benzene rings is 1. The van der Waals surface area contributed by atoms with Crippen LogP contribution in [0.4, 0.5) is 6.01 Å². The van der Waals surface area contributed by atoms with Gasteiger partial charge >= 0.3 is 0 Å². The molecule has 4 heterocycles. The molecule has 1 saturated heterocycles. The number of nitrogens with zero attached hydrogens (tertiary/aromatic N) is 5. The zero-order valence-corrected chi connectivity index (χ0v) is 19.5. The zero-order chi connectivity index (χ0) is 23.7. The lowest BCUT2D eigenvalue weighted by molar-refractivity contribution is -0.132. The molecule has 5 rings (SSSR count). The summed E-state index contributed by atoms with van der Waals surface area (Å²) in [6.07, 6.45) is 3.89. The molecular formula is C23H25ClN6O4. The Morgan fingerprint density at radius 1 is 1.24 bits per heavy atom. The van der Waals surface area contributed by atoms with Crippen molar-refractivity contribution in [3.8, 4) is 0 Å². The molecular weight excluding hydrogens is 460 g/mol. The Morgan fingerprint density at radius 3 is 2.88 bits per heavy atom. The normalized spacial score (nSPS) is 14.4. The van der Waals surface area contributed by atoms with Crippen LogP contribution in [0.1, 0.15) is 12.0 Å². The first-order chi connectivity index (χ1) is 16.5. The molecule has 178 valence electrons. The molecule has 1 N–H and O–H groups in total. The number of hydrogen-bond donors (Lipinski definition) is 1. The van der Waals surface area contributed by atoms with Crippen molar-refractivity contribution in [2.75, 3.05) is 44.3 Å². The molecule has 1 aromatic carbocycles. The summed E-state index contributed by atoms with van der Waals surface area (Å²) in [5, 5.41) is 7.59. The van der Waals surface area contributed by atoms with Crippen molar-refractivity contribution in [2.45, 2.75) is 19.9 Å². The quantitative estimate of drug-likeness (QED) is 0.401. The predicted octanol–water partition coefficient (Wildman–Crippen LogP) is 2.58. The molecule has 1 aliphatic rings. The van der Waals surface area contributed by atoms with E-state index in [-0.39, 0.29) is 11.5 Å². The number of nitrogens with one attached hydrogen (secondary N) is 1. The monoisotopic (exact) mass is 484 g/mol. The van der Waals surface area contributed by atoms with Crippen LogP contribution in [0.25, 0.3) is 22.0 Å². The maximum Gasteiger partial charge on any atom is 0.298 e. The van der Waals surface area contributed by atoms with Crippen LogP contribution in [0.3, 0.4) is 0 Å². The Kier molecular flexibility index (Phi) is 6.25. The second-order valence-electron chi connectivity index (χ2n) is 8.30. The van der Waals surface area contributed by atoms with Crippen molar-refractivity contribution in [3.05, 3.63) is 51.5 Å². The predicted molar refractivity (Wildman–Crippen MR) is 128 cm³/mol. The summed E-state index contributed by atoms with van der Waals surface area (Å²) in [5.41, 5.74) is 2.90. The van der Waals surface area contributed by atoms with E-state index in [0.717, 1.165) is 16.6 Å². The molecule has 0 spiro atoms. The van der Waals surface area contributed by atoms with Crippen LogP contribution in [0.5, 0.6) is 0 Å². The van der Waals surface area contributed by atoms with E-state index in [1.165, 1.54) is 0 Å². The Morgan fingerprint density at radius 2 is 2.06 bits per heavy atom. The number of carbonyl (C=O) groups is 1. The van der Waals surface area contributed by atoms with Gasteiger partial charge in [0.15, 0.2) is 5.58 Å². The topological polar surface area (TPSA) is 109 Å². The third-order valence-corrected chi connectivity index (χ3v) is 6.30. The van der Waals surface area contributed by atoms with E-state index in [1.807, 2.05) is 33.6 Å². The van der Waals surface area contributed by atoms with Gasteiger partial charge in [-0.05, 0) is 24.6 Å². The Balaban J connectivity index is 1.06. The van der Waals surface area contributed by atoms with Gasteiger partial charge in [-0.25, -0.2) is 5.10 Å². The number of ether oxygens (including phenoxy) is 1. The van der Waals surface area contributed by atoms with E-state index in [4.69, 9.17) is 20.8 Å². The number of aryl methyl sites for hydroxylation is 1. The van der Waals surface area contributed by atoms with Crippen LogP contribution < -0.4 is 10.5 Å². The van der Waals surface area contributed by atoms with E-state index >= 15 is 0 Å². The number of halogens is 1. The van der Waals surface area contributed by atoms with Crippen molar-refractivity contribution in [2.24, 2.45) is 0 Å². The smallest absolute Gasteiger partial charge is 0.298 e. The number of rotatable bonds is 7. The molecule has 34 heavy (non-hydrogen) atoms. The van der Waals surface area contributed by atoms with Gasteiger partial charge in [0.2, 0.25) is 5.91 Å². The van der Waals surface area contributed by atoms with Gasteiger partial charge in [-0.1, -0.05) is 11.6 Å². The van der Waals surface area contributed by atoms with Crippen LogP contribution in [0.2, 0.25) is 5.02 Å². The maximum absolute atomic E-state index is 12.6. The molecule has 0 saturated carbocycles. The summed E-state index contributed by atoms with van der Waals surface area (Å²) in [6, 6.07) is 5.93. The van der Waals surface area contributed by atoms with Crippen molar-refractivity contribution in [1.29, 1.82) is 0 Å². The van der Waals surface area contributed by atoms with E-state index in [1.54, 1.807) is 18.3 Å².